The molecule has 1 aliphatic rings. The summed E-state index contributed by atoms with van der Waals surface area (Å²) in [6, 6.07) is 23.3. The minimum Gasteiger partial charge on any atom is -0.507 e. The lowest BCUT2D eigenvalue weighted by molar-refractivity contribution is -0.132. The van der Waals surface area contributed by atoms with Gasteiger partial charge >= 0.3 is 5.91 Å². The molecule has 0 spiro atoms. The number of aliphatic hydroxyl groups excluding tert-OH is 1. The number of Topliss-reactive ketones (excluding diaryl/α,β-unsaturated/α-hetero) is 1. The minimum atomic E-state index is -1.05. The van der Waals surface area contributed by atoms with E-state index in [2.05, 4.69) is 41.4 Å². The molecular weight excluding hydrogens is 675 g/mol. The van der Waals surface area contributed by atoms with Crippen molar-refractivity contribution in [2.75, 3.05) is 32.8 Å². The Morgan fingerprint density at radius 3 is 2.38 bits per heavy atom. The van der Waals surface area contributed by atoms with Gasteiger partial charge in [0.2, 0.25) is 5.13 Å². The highest BCUT2D eigenvalue weighted by Gasteiger charge is 2.48. The van der Waals surface area contributed by atoms with Crippen LogP contribution in [0.1, 0.15) is 48.9 Å². The van der Waals surface area contributed by atoms with Crippen LogP contribution in [0.3, 0.4) is 0 Å². The number of rotatable bonds is 14. The number of amides is 1. The van der Waals surface area contributed by atoms with Crippen LogP contribution >= 0.6 is 23.1 Å². The zero-order valence-electron chi connectivity index (χ0n) is 28.2. The van der Waals surface area contributed by atoms with Gasteiger partial charge < -0.3 is 24.1 Å². The van der Waals surface area contributed by atoms with Crippen LogP contribution in [0.2, 0.25) is 0 Å². The van der Waals surface area contributed by atoms with Crippen LogP contribution in [0.15, 0.2) is 88.8 Å². The number of thioether (sulfide) groups is 1. The van der Waals surface area contributed by atoms with Crippen molar-refractivity contribution in [2.24, 2.45) is 0 Å². The molecule has 1 fully saturated rings. The maximum Gasteiger partial charge on any atom is 0.301 e. The monoisotopic (exact) mass is 711 g/mol. The Morgan fingerprint density at radius 1 is 0.860 bits per heavy atom. The zero-order chi connectivity index (χ0) is 35.2. The molecule has 0 bridgehead atoms. The number of methoxy groups -OCH3 is 3. The SMILES string of the molecule is CCCCCOc1ccc([C@H]2C(=C(O)c3ccc(OC)c(OC)c3)C(=O)C(=O)N2c2nnc(SCc3cccc4ccccc34)s2)cc1OC. The predicted octanol–water partition coefficient (Wildman–Crippen LogP) is 8.20. The third-order valence-electron chi connectivity index (χ3n) is 8.44. The molecule has 10 nitrogen and oxygen atoms in total. The van der Waals surface area contributed by atoms with Gasteiger partial charge in [-0.1, -0.05) is 91.4 Å². The summed E-state index contributed by atoms with van der Waals surface area (Å²) in [5.41, 5.74) is 1.83. The molecule has 0 radical (unpaired) electrons. The first-order chi connectivity index (χ1) is 24.4. The highest BCUT2D eigenvalue weighted by atomic mass is 32.2. The van der Waals surface area contributed by atoms with Crippen molar-refractivity contribution in [3.05, 3.63) is 101 Å². The fraction of sp³-hybridized carbons (Fsp3) is 0.263. The third kappa shape index (κ3) is 6.99. The van der Waals surface area contributed by atoms with E-state index in [-0.39, 0.29) is 22.0 Å². The fourth-order valence-electron chi connectivity index (χ4n) is 5.91. The highest BCUT2D eigenvalue weighted by molar-refractivity contribution is 8.00. The molecule has 6 rings (SSSR count). The first kappa shape index (κ1) is 34.8. The average Bonchev–Trinajstić information content (AvgIpc) is 3.73. The molecule has 1 N–H and O–H groups in total. The van der Waals surface area contributed by atoms with Crippen LogP contribution in [0.25, 0.3) is 16.5 Å². The number of aliphatic hydroxyl groups is 1. The number of aromatic nitrogens is 2. The van der Waals surface area contributed by atoms with E-state index in [0.717, 1.165) is 35.6 Å². The highest BCUT2D eigenvalue weighted by Crippen LogP contribution is 2.46. The number of unbranched alkanes of at least 4 members (excludes halogenated alkanes) is 2. The number of hydrogen-bond acceptors (Lipinski definition) is 11. The van der Waals surface area contributed by atoms with Gasteiger partial charge in [0.15, 0.2) is 27.3 Å². The minimum absolute atomic E-state index is 0.110. The van der Waals surface area contributed by atoms with Gasteiger partial charge in [-0.05, 0) is 58.7 Å². The molecule has 12 heteroatoms. The first-order valence-corrected chi connectivity index (χ1v) is 18.0. The number of nitrogens with zero attached hydrogens (tertiary/aromatic N) is 3. The molecular formula is C38H37N3O7S2. The quantitative estimate of drug-likeness (QED) is 0.0301. The number of benzene rings is 4. The molecule has 1 atom stereocenters. The van der Waals surface area contributed by atoms with Gasteiger partial charge in [-0.25, -0.2) is 0 Å². The second-order valence-corrected chi connectivity index (χ2v) is 13.7. The molecule has 0 saturated carbocycles. The Balaban J connectivity index is 1.39. The number of hydrogen-bond donors (Lipinski definition) is 1. The number of carbonyl (C=O) groups is 2. The van der Waals surface area contributed by atoms with E-state index in [1.54, 1.807) is 36.4 Å². The summed E-state index contributed by atoms with van der Waals surface area (Å²) in [5, 5.41) is 23.0. The van der Waals surface area contributed by atoms with Crippen LogP contribution in [-0.2, 0) is 15.3 Å². The van der Waals surface area contributed by atoms with Crippen molar-refractivity contribution in [3.8, 4) is 23.0 Å². The number of ether oxygens (including phenoxy) is 4. The largest absolute Gasteiger partial charge is 0.507 e. The standard InChI is InChI=1S/C38H37N3O7S2/c1-5-6-9-19-48-29-18-15-24(20-31(29)47-4)33-32(34(42)25-16-17-28(45-2)30(21-25)46-3)35(43)36(44)41(33)37-39-40-38(50-37)49-22-26-13-10-12-23-11-7-8-14-27(23)26/h7-8,10-18,20-21,33,42H,5-6,9,19,22H2,1-4H3/t33-/m0/s1. The normalized spacial score (nSPS) is 15.4. The second-order valence-electron chi connectivity index (χ2n) is 11.5. The van der Waals surface area contributed by atoms with Gasteiger partial charge in [-0.3, -0.25) is 14.5 Å². The number of anilines is 1. The lowest BCUT2D eigenvalue weighted by Gasteiger charge is -2.23. The molecule has 258 valence electrons. The topological polar surface area (TPSA) is 120 Å². The van der Waals surface area contributed by atoms with E-state index in [1.165, 1.54) is 49.3 Å². The lowest BCUT2D eigenvalue weighted by atomic mass is 9.95. The zero-order valence-corrected chi connectivity index (χ0v) is 29.8. The maximum absolute atomic E-state index is 13.9. The molecule has 1 amide bonds. The molecule has 0 aliphatic carbocycles. The summed E-state index contributed by atoms with van der Waals surface area (Å²) < 4.78 is 23.1. The Labute approximate surface area is 298 Å². The van der Waals surface area contributed by atoms with Gasteiger partial charge in [-0.15, -0.1) is 10.2 Å². The van der Waals surface area contributed by atoms with Crippen LogP contribution in [-0.4, -0.2) is 54.9 Å². The lowest BCUT2D eigenvalue weighted by Crippen LogP contribution is -2.29. The van der Waals surface area contributed by atoms with Crippen LogP contribution in [0.4, 0.5) is 5.13 Å². The van der Waals surface area contributed by atoms with Crippen molar-refractivity contribution in [1.82, 2.24) is 10.2 Å². The molecule has 1 aliphatic heterocycles. The van der Waals surface area contributed by atoms with Crippen LogP contribution < -0.4 is 23.8 Å². The summed E-state index contributed by atoms with van der Waals surface area (Å²) in [6.07, 6.45) is 2.99. The predicted molar refractivity (Wildman–Crippen MR) is 196 cm³/mol. The summed E-state index contributed by atoms with van der Waals surface area (Å²) in [6.45, 7) is 2.64. The van der Waals surface area contributed by atoms with Gasteiger partial charge in [0.25, 0.3) is 5.78 Å². The van der Waals surface area contributed by atoms with Gasteiger partial charge in [-0.2, -0.15) is 0 Å². The van der Waals surface area contributed by atoms with E-state index < -0.39 is 17.7 Å². The summed E-state index contributed by atoms with van der Waals surface area (Å²) >= 11 is 2.70. The van der Waals surface area contributed by atoms with Crippen LogP contribution in [0.5, 0.6) is 23.0 Å². The Bertz CT molecular complexity index is 2060. The summed E-state index contributed by atoms with van der Waals surface area (Å²) in [4.78, 5) is 29.0. The number of fused-ring (bicyclic) bond motifs is 1. The summed E-state index contributed by atoms with van der Waals surface area (Å²) in [7, 11) is 4.51. The smallest absolute Gasteiger partial charge is 0.301 e. The van der Waals surface area contributed by atoms with Crippen LogP contribution in [0, 0.1) is 0 Å². The number of carbonyl (C=O) groups excluding carboxylic acids is 2. The van der Waals surface area contributed by atoms with E-state index in [0.29, 0.717) is 45.3 Å². The second kappa shape index (κ2) is 15.6. The maximum atomic E-state index is 13.9. The van der Waals surface area contributed by atoms with Crippen molar-refractivity contribution in [3.63, 3.8) is 0 Å². The van der Waals surface area contributed by atoms with E-state index >= 15 is 0 Å². The fourth-order valence-corrected chi connectivity index (χ4v) is 7.78. The van der Waals surface area contributed by atoms with E-state index in [4.69, 9.17) is 18.9 Å². The van der Waals surface area contributed by atoms with Gasteiger partial charge in [0.05, 0.1) is 39.6 Å². The van der Waals surface area contributed by atoms with E-state index in [9.17, 15) is 14.7 Å². The van der Waals surface area contributed by atoms with E-state index in [1.807, 2.05) is 18.2 Å². The molecule has 0 unspecified atom stereocenters. The van der Waals surface area contributed by atoms with Crippen molar-refractivity contribution >= 4 is 56.5 Å². The molecule has 50 heavy (non-hydrogen) atoms. The third-order valence-corrected chi connectivity index (χ3v) is 10.5. The molecule has 2 heterocycles. The van der Waals surface area contributed by atoms with Gasteiger partial charge in [0.1, 0.15) is 5.76 Å². The summed E-state index contributed by atoms with van der Waals surface area (Å²) in [5.74, 6) is 0.332. The molecule has 5 aromatic rings. The molecule has 1 saturated heterocycles. The van der Waals surface area contributed by atoms with Crippen molar-refractivity contribution < 1.29 is 33.6 Å². The average molecular weight is 712 g/mol. The Hall–Kier alpha value is -5.07. The first-order valence-electron chi connectivity index (χ1n) is 16.2. The molecule has 4 aromatic carbocycles. The Morgan fingerprint density at radius 2 is 1.60 bits per heavy atom. The molecule has 1 aromatic heterocycles. The van der Waals surface area contributed by atoms with Gasteiger partial charge in [0, 0.05) is 11.3 Å². The van der Waals surface area contributed by atoms with Crippen molar-refractivity contribution in [2.45, 2.75) is 42.3 Å². The number of ketones is 1. The van der Waals surface area contributed by atoms with Crippen molar-refractivity contribution in [1.29, 1.82) is 0 Å². The Kier molecular flexibility index (Phi) is 10.9.